The van der Waals surface area contributed by atoms with Crippen molar-refractivity contribution in [3.63, 3.8) is 0 Å². The zero-order valence-electron chi connectivity index (χ0n) is 29.9. The standard InChI is InChI=1S/C34H46S2.6CH3.2Sn/c1-3-5-7-9-11-13-15-17-19-27-25-31-30(22-24-35-31)34-28(20-18-16-14-12-10-8-6-4-2)26-32-29(33(27)34)21-23-36-32;;;;;;;;/h21-22,25-26H,3-20H2,1-2H3;6*1H3;;. The van der Waals surface area contributed by atoms with Crippen molar-refractivity contribution >= 4 is 96.2 Å². The van der Waals surface area contributed by atoms with Crippen LogP contribution in [0.2, 0.25) is 29.6 Å². The van der Waals surface area contributed by atoms with Gasteiger partial charge in [-0.15, -0.1) is 0 Å². The van der Waals surface area contributed by atoms with E-state index in [9.17, 15) is 0 Å². The van der Waals surface area contributed by atoms with Crippen LogP contribution in [0.3, 0.4) is 0 Å². The van der Waals surface area contributed by atoms with Crippen LogP contribution in [0.5, 0.6) is 0 Å². The molecule has 0 N–H and O–H groups in total. The normalized spacial score (nSPS) is 12.8. The van der Waals surface area contributed by atoms with Crippen molar-refractivity contribution in [1.82, 2.24) is 0 Å². The van der Waals surface area contributed by atoms with Crippen molar-refractivity contribution in [3.05, 3.63) is 35.4 Å². The second-order valence-electron chi connectivity index (χ2n) is 15.8. The Kier molecular flexibility index (Phi) is 14.8. The van der Waals surface area contributed by atoms with E-state index in [0.717, 1.165) is 0 Å². The summed E-state index contributed by atoms with van der Waals surface area (Å²) >= 11 is -0.0589. The average molecular weight is 847 g/mol. The van der Waals surface area contributed by atoms with Gasteiger partial charge in [0.1, 0.15) is 0 Å². The fourth-order valence-corrected chi connectivity index (χ4v) is 19.7. The van der Waals surface area contributed by atoms with E-state index in [-0.39, 0.29) is 0 Å². The zero-order chi connectivity index (χ0) is 31.7. The van der Waals surface area contributed by atoms with E-state index in [0.29, 0.717) is 0 Å². The molecule has 0 aliphatic carbocycles. The van der Waals surface area contributed by atoms with Crippen molar-refractivity contribution in [2.24, 2.45) is 0 Å². The first-order valence-corrected chi connectivity index (χ1v) is 40.1. The predicted octanol–water partition coefficient (Wildman–Crippen LogP) is 13.7. The van der Waals surface area contributed by atoms with E-state index in [4.69, 9.17) is 0 Å². The summed E-state index contributed by atoms with van der Waals surface area (Å²) in [6.45, 7) is 4.64. The molecule has 0 nitrogen and oxygen atoms in total. The fourth-order valence-electron chi connectivity index (χ4n) is 6.84. The van der Waals surface area contributed by atoms with Gasteiger partial charge in [-0.25, -0.2) is 0 Å². The molecule has 0 spiro atoms. The summed E-state index contributed by atoms with van der Waals surface area (Å²) in [5.74, 6) is 0. The third kappa shape index (κ3) is 10.1. The number of hydrogen-bond donors (Lipinski definition) is 0. The Morgan fingerprint density at radius 1 is 0.432 bits per heavy atom. The summed E-state index contributed by atoms with van der Waals surface area (Å²) in [7, 11) is 0. The van der Waals surface area contributed by atoms with Gasteiger partial charge in [0.05, 0.1) is 0 Å². The number of aryl methyl sites for hydroxylation is 2. The molecule has 2 aromatic heterocycles. The molecule has 0 bridgehead atoms. The van der Waals surface area contributed by atoms with E-state index in [1.165, 1.54) is 116 Å². The minimum atomic E-state index is -2.19. The molecule has 0 saturated carbocycles. The Balaban J connectivity index is 1.72. The predicted molar refractivity (Wildman–Crippen MR) is 213 cm³/mol. The van der Waals surface area contributed by atoms with Crippen molar-refractivity contribution < 1.29 is 0 Å². The van der Waals surface area contributed by atoms with E-state index in [2.05, 4.69) is 90.4 Å². The molecule has 44 heavy (non-hydrogen) atoms. The molecule has 0 atom stereocenters. The molecule has 4 heteroatoms. The first-order chi connectivity index (χ1) is 21.0. The molecule has 0 aliphatic heterocycles. The van der Waals surface area contributed by atoms with Crippen LogP contribution < -0.4 is 5.79 Å². The molecule has 0 amide bonds. The monoisotopic (exact) mass is 848 g/mol. The summed E-state index contributed by atoms with van der Waals surface area (Å²) in [5, 5.41) is 6.49. The van der Waals surface area contributed by atoms with Crippen LogP contribution in [0.1, 0.15) is 128 Å². The van der Waals surface area contributed by atoms with E-state index in [1.807, 2.05) is 0 Å². The summed E-state index contributed by atoms with van der Waals surface area (Å²) in [6.07, 6.45) is 24.8. The summed E-state index contributed by atoms with van der Waals surface area (Å²) in [6, 6.07) is 10.7. The van der Waals surface area contributed by atoms with Gasteiger partial charge >= 0.3 is 251 Å². The Labute approximate surface area is 287 Å². The molecule has 0 saturated heterocycles. The van der Waals surface area contributed by atoms with Gasteiger partial charge in [0.25, 0.3) is 0 Å². The second kappa shape index (κ2) is 17.6. The first kappa shape index (κ1) is 37.0. The number of hydrogen-bond acceptors (Lipinski definition) is 2. The molecule has 4 aromatic rings. The van der Waals surface area contributed by atoms with Crippen molar-refractivity contribution in [2.75, 3.05) is 0 Å². The minimum absolute atomic E-state index is 1.24. The number of unbranched alkanes of at least 4 members (excludes halogenated alkanes) is 14. The van der Waals surface area contributed by atoms with Crippen molar-refractivity contribution in [3.8, 4) is 0 Å². The van der Waals surface area contributed by atoms with Gasteiger partial charge in [-0.05, 0) is 0 Å². The van der Waals surface area contributed by atoms with Gasteiger partial charge in [-0.1, -0.05) is 39.5 Å². The van der Waals surface area contributed by atoms with Crippen LogP contribution in [-0.4, -0.2) is 36.8 Å². The molecular formula is C40H64S2Sn2. The number of thiophene rings is 2. The van der Waals surface area contributed by atoms with E-state index < -0.39 is 36.8 Å². The molecule has 244 valence electrons. The van der Waals surface area contributed by atoms with Crippen LogP contribution >= 0.6 is 22.7 Å². The summed E-state index contributed by atoms with van der Waals surface area (Å²) in [4.78, 5) is 15.6. The van der Waals surface area contributed by atoms with Crippen LogP contribution in [0.4, 0.5) is 0 Å². The maximum atomic E-state index is 2.68. The molecule has 2 heterocycles. The molecule has 0 aliphatic rings. The quantitative estimate of drug-likeness (QED) is 0.0614. The first-order valence-electron chi connectivity index (χ1n) is 18.5. The topological polar surface area (TPSA) is 0 Å². The maximum absolute atomic E-state index is 2.68. The summed E-state index contributed by atoms with van der Waals surface area (Å²) < 4.78 is 6.65. The van der Waals surface area contributed by atoms with Crippen molar-refractivity contribution in [1.29, 1.82) is 0 Å². The van der Waals surface area contributed by atoms with E-state index in [1.54, 1.807) is 47.9 Å². The zero-order valence-corrected chi connectivity index (χ0v) is 37.2. The number of fused-ring (bicyclic) bond motifs is 5. The molecule has 0 unspecified atom stereocenters. The summed E-state index contributed by atoms with van der Waals surface area (Å²) in [5.41, 5.74) is 3.32. The van der Waals surface area contributed by atoms with E-state index >= 15 is 0 Å². The van der Waals surface area contributed by atoms with Gasteiger partial charge in [0.15, 0.2) is 0 Å². The van der Waals surface area contributed by atoms with Crippen molar-refractivity contribution in [2.45, 2.75) is 159 Å². The van der Waals surface area contributed by atoms with Crippen LogP contribution in [0.25, 0.3) is 30.9 Å². The van der Waals surface area contributed by atoms with Crippen LogP contribution in [-0.2, 0) is 12.8 Å². The third-order valence-corrected chi connectivity index (χ3v) is 30.7. The third-order valence-electron chi connectivity index (χ3n) is 9.64. The number of benzene rings is 2. The Morgan fingerprint density at radius 2 is 0.750 bits per heavy atom. The SMILES string of the molecule is CCCCCCCCCCc1cc2s[c]([Sn]([CH3])([CH3])[CH3])cc2c2c(CCCCCCCCCC)cc3s[c]([Sn]([CH3])([CH3])[CH3])cc3c12. The molecule has 2 aromatic carbocycles. The Bertz CT molecular complexity index is 1350. The van der Waals surface area contributed by atoms with Crippen LogP contribution in [0.15, 0.2) is 24.3 Å². The average Bonchev–Trinajstić information content (AvgIpc) is 3.60. The Hall–Kier alpha value is 0.217. The van der Waals surface area contributed by atoms with Crippen LogP contribution in [0, 0.1) is 0 Å². The van der Waals surface area contributed by atoms with Gasteiger partial charge in [0, 0.05) is 0 Å². The van der Waals surface area contributed by atoms with Gasteiger partial charge in [0.2, 0.25) is 0 Å². The van der Waals surface area contributed by atoms with Gasteiger partial charge < -0.3 is 0 Å². The molecule has 0 fully saturated rings. The molecule has 0 radical (unpaired) electrons. The number of rotatable bonds is 20. The molecular weight excluding hydrogens is 782 g/mol. The van der Waals surface area contributed by atoms with Gasteiger partial charge in [-0.3, -0.25) is 0 Å². The van der Waals surface area contributed by atoms with Gasteiger partial charge in [-0.2, -0.15) is 0 Å². The molecule has 4 rings (SSSR count). The fraction of sp³-hybridized carbons (Fsp3) is 0.650. The Morgan fingerprint density at radius 3 is 1.07 bits per heavy atom. The second-order valence-corrected chi connectivity index (χ2v) is 48.8.